The molecule has 0 saturated carbocycles. The van der Waals surface area contributed by atoms with Gasteiger partial charge in [-0.2, -0.15) is 0 Å². The van der Waals surface area contributed by atoms with Crippen molar-refractivity contribution in [1.82, 2.24) is 10.4 Å². The summed E-state index contributed by atoms with van der Waals surface area (Å²) in [6, 6.07) is 8.81. The van der Waals surface area contributed by atoms with Crippen LogP contribution in [0.2, 0.25) is 0 Å². The monoisotopic (exact) mass is 236 g/mol. The molecule has 5 nitrogen and oxygen atoms in total. The van der Waals surface area contributed by atoms with E-state index in [-0.39, 0.29) is 18.4 Å². The highest BCUT2D eigenvalue weighted by atomic mass is 16.6. The molecule has 0 aliphatic rings. The van der Waals surface area contributed by atoms with E-state index in [0.717, 1.165) is 0 Å². The number of hydroxylamine groups is 1. The van der Waals surface area contributed by atoms with Crippen molar-refractivity contribution in [2.24, 2.45) is 0 Å². The highest BCUT2D eigenvalue weighted by molar-refractivity contribution is 5.96. The first-order valence-electron chi connectivity index (χ1n) is 5.36. The molecule has 0 heterocycles. The number of carbonyl (C=O) groups is 2. The Hall–Kier alpha value is -1.88. The number of carbonyl (C=O) groups excluding carboxylic acids is 2. The lowest BCUT2D eigenvalue weighted by atomic mass is 10.2. The van der Waals surface area contributed by atoms with Crippen molar-refractivity contribution in [3.05, 3.63) is 35.9 Å². The van der Waals surface area contributed by atoms with Crippen LogP contribution in [0.5, 0.6) is 0 Å². The molecule has 0 spiro atoms. The van der Waals surface area contributed by atoms with Crippen molar-refractivity contribution < 1.29 is 14.4 Å². The van der Waals surface area contributed by atoms with E-state index in [2.05, 4.69) is 5.48 Å². The first kappa shape index (κ1) is 13.2. The summed E-state index contributed by atoms with van der Waals surface area (Å²) in [6.45, 7) is 2.12. The molecule has 0 aliphatic carbocycles. The molecule has 0 aromatic heterocycles. The average Bonchev–Trinajstić information content (AvgIpc) is 2.36. The van der Waals surface area contributed by atoms with Crippen molar-refractivity contribution >= 4 is 11.8 Å². The normalized spacial score (nSPS) is 9.76. The molecular weight excluding hydrogens is 220 g/mol. The standard InChI is InChI=1S/C12H16N2O3/c1-3-17-13-11(15)9-14(2)12(16)10-7-5-4-6-8-10/h4-8H,3,9H2,1-2H3,(H,13,15). The third-order valence-electron chi connectivity index (χ3n) is 2.08. The lowest BCUT2D eigenvalue weighted by Crippen LogP contribution is -2.38. The zero-order chi connectivity index (χ0) is 12.7. The van der Waals surface area contributed by atoms with Crippen molar-refractivity contribution in [1.29, 1.82) is 0 Å². The second-order valence-electron chi connectivity index (χ2n) is 3.49. The predicted octanol–water partition coefficient (Wildman–Crippen LogP) is 0.826. The first-order chi connectivity index (χ1) is 8.15. The summed E-state index contributed by atoms with van der Waals surface area (Å²) in [5.41, 5.74) is 2.79. The minimum atomic E-state index is -0.348. The van der Waals surface area contributed by atoms with E-state index in [4.69, 9.17) is 4.84 Å². The Balaban J connectivity index is 2.50. The van der Waals surface area contributed by atoms with Gasteiger partial charge in [0.25, 0.3) is 11.8 Å². The molecular formula is C12H16N2O3. The van der Waals surface area contributed by atoms with E-state index < -0.39 is 0 Å². The Bertz CT molecular complexity index is 379. The maximum atomic E-state index is 11.9. The Kier molecular flexibility index (Phi) is 5.16. The predicted molar refractivity (Wildman–Crippen MR) is 63.2 cm³/mol. The second kappa shape index (κ2) is 6.65. The topological polar surface area (TPSA) is 58.6 Å². The summed E-state index contributed by atoms with van der Waals surface area (Å²) in [5, 5.41) is 0. The smallest absolute Gasteiger partial charge is 0.263 e. The lowest BCUT2D eigenvalue weighted by molar-refractivity contribution is -0.133. The van der Waals surface area contributed by atoms with Crippen LogP contribution in [0.15, 0.2) is 30.3 Å². The highest BCUT2D eigenvalue weighted by Crippen LogP contribution is 2.02. The number of rotatable bonds is 5. The van der Waals surface area contributed by atoms with Gasteiger partial charge in [0.2, 0.25) is 0 Å². The van der Waals surface area contributed by atoms with Crippen molar-refractivity contribution in [3.8, 4) is 0 Å². The maximum absolute atomic E-state index is 11.9. The Morgan fingerprint density at radius 3 is 2.53 bits per heavy atom. The van der Waals surface area contributed by atoms with Crippen LogP contribution in [-0.2, 0) is 9.63 Å². The van der Waals surface area contributed by atoms with Gasteiger partial charge in [-0.1, -0.05) is 18.2 Å². The molecule has 0 saturated heterocycles. The van der Waals surface area contributed by atoms with E-state index in [1.165, 1.54) is 4.90 Å². The second-order valence-corrected chi connectivity index (χ2v) is 3.49. The van der Waals surface area contributed by atoms with Gasteiger partial charge in [-0.15, -0.1) is 0 Å². The van der Waals surface area contributed by atoms with Crippen LogP contribution in [0.1, 0.15) is 17.3 Å². The minimum Gasteiger partial charge on any atom is -0.332 e. The zero-order valence-corrected chi connectivity index (χ0v) is 9.97. The van der Waals surface area contributed by atoms with E-state index in [1.807, 2.05) is 6.07 Å². The van der Waals surface area contributed by atoms with Crippen LogP contribution in [-0.4, -0.2) is 36.9 Å². The van der Waals surface area contributed by atoms with Gasteiger partial charge in [-0.05, 0) is 19.1 Å². The van der Waals surface area contributed by atoms with Gasteiger partial charge >= 0.3 is 0 Å². The number of amides is 2. The van der Waals surface area contributed by atoms with E-state index in [0.29, 0.717) is 12.2 Å². The molecule has 92 valence electrons. The Morgan fingerprint density at radius 1 is 1.29 bits per heavy atom. The quantitative estimate of drug-likeness (QED) is 0.770. The lowest BCUT2D eigenvalue weighted by Gasteiger charge is -2.16. The van der Waals surface area contributed by atoms with Crippen LogP contribution in [0, 0.1) is 0 Å². The third-order valence-corrected chi connectivity index (χ3v) is 2.08. The van der Waals surface area contributed by atoms with Crippen LogP contribution >= 0.6 is 0 Å². The zero-order valence-electron chi connectivity index (χ0n) is 9.97. The van der Waals surface area contributed by atoms with Gasteiger partial charge in [0.15, 0.2) is 0 Å². The molecule has 1 rings (SSSR count). The Labute approximate surface area is 100 Å². The van der Waals surface area contributed by atoms with E-state index in [9.17, 15) is 9.59 Å². The molecule has 1 aromatic carbocycles. The fourth-order valence-corrected chi connectivity index (χ4v) is 1.27. The third kappa shape index (κ3) is 4.24. The molecule has 0 fully saturated rings. The summed E-state index contributed by atoms with van der Waals surface area (Å²) in [7, 11) is 1.57. The number of nitrogens with zero attached hydrogens (tertiary/aromatic N) is 1. The molecule has 0 radical (unpaired) electrons. The van der Waals surface area contributed by atoms with Gasteiger partial charge in [0, 0.05) is 12.6 Å². The number of benzene rings is 1. The van der Waals surface area contributed by atoms with Crippen molar-refractivity contribution in [2.45, 2.75) is 6.92 Å². The van der Waals surface area contributed by atoms with Crippen LogP contribution in [0.4, 0.5) is 0 Å². The summed E-state index contributed by atoms with van der Waals surface area (Å²) < 4.78 is 0. The molecule has 5 heteroatoms. The molecule has 17 heavy (non-hydrogen) atoms. The fraction of sp³-hybridized carbons (Fsp3) is 0.333. The maximum Gasteiger partial charge on any atom is 0.263 e. The first-order valence-corrected chi connectivity index (χ1v) is 5.36. The number of hydrogen-bond donors (Lipinski definition) is 1. The van der Waals surface area contributed by atoms with Gasteiger partial charge in [0.1, 0.15) is 6.54 Å². The molecule has 2 amide bonds. The van der Waals surface area contributed by atoms with Gasteiger partial charge in [-0.3, -0.25) is 14.4 Å². The van der Waals surface area contributed by atoms with Gasteiger partial charge < -0.3 is 4.90 Å². The van der Waals surface area contributed by atoms with E-state index >= 15 is 0 Å². The summed E-state index contributed by atoms with van der Waals surface area (Å²) in [6.07, 6.45) is 0. The Morgan fingerprint density at radius 2 is 1.94 bits per heavy atom. The van der Waals surface area contributed by atoms with Crippen LogP contribution in [0.3, 0.4) is 0 Å². The SMILES string of the molecule is CCONC(=O)CN(C)C(=O)c1ccccc1. The molecule has 0 aliphatic heterocycles. The summed E-state index contributed by atoms with van der Waals surface area (Å²) in [5.74, 6) is -0.545. The summed E-state index contributed by atoms with van der Waals surface area (Å²) >= 11 is 0. The fourth-order valence-electron chi connectivity index (χ4n) is 1.27. The minimum absolute atomic E-state index is 0.0340. The van der Waals surface area contributed by atoms with Crippen LogP contribution < -0.4 is 5.48 Å². The largest absolute Gasteiger partial charge is 0.332 e. The molecule has 0 atom stereocenters. The van der Waals surface area contributed by atoms with E-state index in [1.54, 1.807) is 38.2 Å². The van der Waals surface area contributed by atoms with Crippen molar-refractivity contribution in [2.75, 3.05) is 20.2 Å². The van der Waals surface area contributed by atoms with Crippen LogP contribution in [0.25, 0.3) is 0 Å². The number of likely N-dealkylation sites (N-methyl/N-ethyl adjacent to an activating group) is 1. The average molecular weight is 236 g/mol. The number of nitrogens with one attached hydrogen (secondary N) is 1. The van der Waals surface area contributed by atoms with Gasteiger partial charge in [-0.25, -0.2) is 5.48 Å². The highest BCUT2D eigenvalue weighted by Gasteiger charge is 2.14. The number of hydrogen-bond acceptors (Lipinski definition) is 3. The molecule has 0 unspecified atom stereocenters. The summed E-state index contributed by atoms with van der Waals surface area (Å²) in [4.78, 5) is 29.3. The molecule has 1 aromatic rings. The molecule has 0 bridgehead atoms. The van der Waals surface area contributed by atoms with Gasteiger partial charge in [0.05, 0.1) is 6.61 Å². The molecule has 1 N–H and O–H groups in total. The van der Waals surface area contributed by atoms with Crippen molar-refractivity contribution in [3.63, 3.8) is 0 Å².